The van der Waals surface area contributed by atoms with Gasteiger partial charge in [0.25, 0.3) is 0 Å². The largest absolute Gasteiger partial charge is 0.330 e. The number of aromatic nitrogens is 2. The van der Waals surface area contributed by atoms with Crippen molar-refractivity contribution in [2.75, 3.05) is 6.54 Å². The number of rotatable bonds is 4. The fourth-order valence-electron chi connectivity index (χ4n) is 1.62. The number of Topliss-reactive ketones (excluding diaryl/α,β-unsaturated/α-hetero) is 1. The molecule has 0 bridgehead atoms. The van der Waals surface area contributed by atoms with Crippen LogP contribution in [-0.4, -0.2) is 22.3 Å². The first kappa shape index (κ1) is 11.3. The summed E-state index contributed by atoms with van der Waals surface area (Å²) in [6.45, 7) is 0.337. The van der Waals surface area contributed by atoms with Crippen molar-refractivity contribution < 1.29 is 4.79 Å². The van der Waals surface area contributed by atoms with Crippen LogP contribution in [0.15, 0.2) is 35.3 Å². The van der Waals surface area contributed by atoms with Gasteiger partial charge >= 0.3 is 5.69 Å². The summed E-state index contributed by atoms with van der Waals surface area (Å²) in [6.07, 6.45) is 1.90. The highest BCUT2D eigenvalue weighted by Gasteiger charge is 2.07. The summed E-state index contributed by atoms with van der Waals surface area (Å²) in [4.78, 5) is 27.8. The molecule has 1 heterocycles. The molecule has 2 rings (SSSR count). The summed E-state index contributed by atoms with van der Waals surface area (Å²) in [7, 11) is 0. The van der Waals surface area contributed by atoms with Crippen LogP contribution in [0.3, 0.4) is 0 Å². The summed E-state index contributed by atoms with van der Waals surface area (Å²) in [5.74, 6) is 0.00670. The van der Waals surface area contributed by atoms with E-state index in [2.05, 4.69) is 9.97 Å². The molecule has 17 heavy (non-hydrogen) atoms. The zero-order chi connectivity index (χ0) is 12.3. The van der Waals surface area contributed by atoms with Crippen molar-refractivity contribution in [3.05, 3.63) is 46.5 Å². The van der Waals surface area contributed by atoms with Crippen molar-refractivity contribution in [1.29, 1.82) is 0 Å². The van der Waals surface area contributed by atoms with Gasteiger partial charge in [0.15, 0.2) is 5.78 Å². The minimum absolute atomic E-state index is 0.00670. The monoisotopic (exact) mass is 231 g/mol. The summed E-state index contributed by atoms with van der Waals surface area (Å²) in [6, 6.07) is 7.10. The van der Waals surface area contributed by atoms with E-state index in [0.717, 1.165) is 5.56 Å². The molecule has 2 aromatic rings. The van der Waals surface area contributed by atoms with Gasteiger partial charge in [-0.15, -0.1) is 0 Å². The summed E-state index contributed by atoms with van der Waals surface area (Å²) >= 11 is 0. The van der Waals surface area contributed by atoms with Gasteiger partial charge in [0.1, 0.15) is 0 Å². The van der Waals surface area contributed by atoms with Crippen molar-refractivity contribution in [1.82, 2.24) is 9.97 Å². The Morgan fingerprint density at radius 3 is 2.82 bits per heavy atom. The number of benzene rings is 1. The number of ketones is 1. The van der Waals surface area contributed by atoms with Crippen LogP contribution in [-0.2, 0) is 0 Å². The molecule has 0 fully saturated rings. The standard InChI is InChI=1S/C12H13N3O2/c13-5-4-11(16)9-3-1-2-8(6-9)10-7-14-12(17)15-10/h1-3,6-7H,4-5,13H2,(H2,14,15,17). The van der Waals surface area contributed by atoms with E-state index in [1.165, 1.54) is 0 Å². The highest BCUT2D eigenvalue weighted by Crippen LogP contribution is 2.17. The summed E-state index contributed by atoms with van der Waals surface area (Å²) < 4.78 is 0. The Kier molecular flexibility index (Phi) is 3.20. The molecular weight excluding hydrogens is 218 g/mol. The first-order valence-corrected chi connectivity index (χ1v) is 5.32. The summed E-state index contributed by atoms with van der Waals surface area (Å²) in [5, 5.41) is 0. The van der Waals surface area contributed by atoms with Crippen LogP contribution in [0.25, 0.3) is 11.3 Å². The first-order chi connectivity index (χ1) is 8.20. The average molecular weight is 231 g/mol. The van der Waals surface area contributed by atoms with Gasteiger partial charge in [-0.25, -0.2) is 4.79 Å². The van der Waals surface area contributed by atoms with Crippen LogP contribution >= 0.6 is 0 Å². The van der Waals surface area contributed by atoms with E-state index < -0.39 is 0 Å². The van der Waals surface area contributed by atoms with Gasteiger partial charge in [-0.2, -0.15) is 0 Å². The Hall–Kier alpha value is -2.14. The van der Waals surface area contributed by atoms with Crippen LogP contribution in [0.5, 0.6) is 0 Å². The number of aromatic amines is 2. The lowest BCUT2D eigenvalue weighted by molar-refractivity contribution is 0.0985. The highest BCUT2D eigenvalue weighted by atomic mass is 16.1. The third kappa shape index (κ3) is 2.51. The Morgan fingerprint density at radius 2 is 2.18 bits per heavy atom. The van der Waals surface area contributed by atoms with Gasteiger partial charge in [-0.1, -0.05) is 18.2 Å². The van der Waals surface area contributed by atoms with Crippen molar-refractivity contribution in [2.45, 2.75) is 6.42 Å². The molecule has 0 amide bonds. The minimum atomic E-state index is -0.265. The van der Waals surface area contributed by atoms with E-state index in [4.69, 9.17) is 5.73 Å². The predicted molar refractivity (Wildman–Crippen MR) is 64.9 cm³/mol. The maximum Gasteiger partial charge on any atom is 0.323 e. The van der Waals surface area contributed by atoms with E-state index in [-0.39, 0.29) is 11.5 Å². The molecule has 0 radical (unpaired) electrons. The molecule has 0 spiro atoms. The number of H-pyrrole nitrogens is 2. The van der Waals surface area contributed by atoms with Crippen LogP contribution < -0.4 is 11.4 Å². The normalized spacial score (nSPS) is 10.4. The molecule has 0 saturated carbocycles. The van der Waals surface area contributed by atoms with E-state index in [1.54, 1.807) is 24.4 Å². The third-order valence-electron chi connectivity index (χ3n) is 2.46. The Morgan fingerprint density at radius 1 is 1.35 bits per heavy atom. The van der Waals surface area contributed by atoms with E-state index in [1.807, 2.05) is 6.07 Å². The lowest BCUT2D eigenvalue weighted by Gasteiger charge is -2.02. The number of imidazole rings is 1. The van der Waals surface area contributed by atoms with Gasteiger partial charge in [-0.05, 0) is 12.6 Å². The minimum Gasteiger partial charge on any atom is -0.330 e. The molecule has 0 unspecified atom stereocenters. The zero-order valence-corrected chi connectivity index (χ0v) is 9.19. The van der Waals surface area contributed by atoms with E-state index >= 15 is 0 Å². The Labute approximate surface area is 97.7 Å². The second-order valence-corrected chi connectivity index (χ2v) is 3.70. The smallest absolute Gasteiger partial charge is 0.323 e. The van der Waals surface area contributed by atoms with Crippen LogP contribution in [0.1, 0.15) is 16.8 Å². The number of nitrogens with two attached hydrogens (primary N) is 1. The van der Waals surface area contributed by atoms with Gasteiger partial charge in [0, 0.05) is 23.7 Å². The van der Waals surface area contributed by atoms with Crippen molar-refractivity contribution in [3.63, 3.8) is 0 Å². The van der Waals surface area contributed by atoms with E-state index in [0.29, 0.717) is 24.2 Å². The molecule has 0 aliphatic heterocycles. The van der Waals surface area contributed by atoms with Crippen LogP contribution in [0, 0.1) is 0 Å². The van der Waals surface area contributed by atoms with Crippen LogP contribution in [0.4, 0.5) is 0 Å². The second-order valence-electron chi connectivity index (χ2n) is 3.70. The Balaban J connectivity index is 2.34. The molecule has 0 aliphatic rings. The topological polar surface area (TPSA) is 91.7 Å². The quantitative estimate of drug-likeness (QED) is 0.683. The number of carbonyl (C=O) groups excluding carboxylic acids is 1. The number of carbonyl (C=O) groups is 1. The molecule has 0 aliphatic carbocycles. The molecule has 5 heteroatoms. The zero-order valence-electron chi connectivity index (χ0n) is 9.19. The fraction of sp³-hybridized carbons (Fsp3) is 0.167. The average Bonchev–Trinajstić information content (AvgIpc) is 2.76. The third-order valence-corrected chi connectivity index (χ3v) is 2.46. The molecular formula is C12H13N3O2. The fourth-order valence-corrected chi connectivity index (χ4v) is 1.62. The number of hydrogen-bond donors (Lipinski definition) is 3. The SMILES string of the molecule is NCCC(=O)c1cccc(-c2c[nH]c(=O)[nH]2)c1. The van der Waals surface area contributed by atoms with Gasteiger partial charge in [-0.3, -0.25) is 4.79 Å². The van der Waals surface area contributed by atoms with Gasteiger partial charge in [0.2, 0.25) is 0 Å². The molecule has 88 valence electrons. The molecule has 0 atom stereocenters. The van der Waals surface area contributed by atoms with Gasteiger partial charge < -0.3 is 15.7 Å². The van der Waals surface area contributed by atoms with Crippen molar-refractivity contribution in [3.8, 4) is 11.3 Å². The second kappa shape index (κ2) is 4.80. The predicted octanol–water partition coefficient (Wildman–Crippen LogP) is 0.901. The molecule has 4 N–H and O–H groups in total. The summed E-state index contributed by atoms with van der Waals surface area (Å²) in [5.41, 5.74) is 7.15. The maximum atomic E-state index is 11.7. The number of nitrogens with one attached hydrogen (secondary N) is 2. The lowest BCUT2D eigenvalue weighted by atomic mass is 10.0. The Bertz CT molecular complexity index is 583. The van der Waals surface area contributed by atoms with Gasteiger partial charge in [0.05, 0.1) is 5.69 Å². The molecule has 1 aromatic carbocycles. The van der Waals surface area contributed by atoms with Crippen LogP contribution in [0.2, 0.25) is 0 Å². The molecule has 1 aromatic heterocycles. The highest BCUT2D eigenvalue weighted by molar-refractivity contribution is 5.97. The number of hydrogen-bond acceptors (Lipinski definition) is 3. The maximum absolute atomic E-state index is 11.7. The molecule has 0 saturated heterocycles. The first-order valence-electron chi connectivity index (χ1n) is 5.32. The van der Waals surface area contributed by atoms with E-state index in [9.17, 15) is 9.59 Å². The van der Waals surface area contributed by atoms with Crippen molar-refractivity contribution in [2.24, 2.45) is 5.73 Å². The lowest BCUT2D eigenvalue weighted by Crippen LogP contribution is -2.08. The molecule has 5 nitrogen and oxygen atoms in total. The van der Waals surface area contributed by atoms with Crippen molar-refractivity contribution >= 4 is 5.78 Å².